The topological polar surface area (TPSA) is 90.3 Å². The smallest absolute Gasteiger partial charge is 0.143 e. The van der Waals surface area contributed by atoms with Crippen LogP contribution in [0.3, 0.4) is 0 Å². The average molecular weight is 200 g/mol. The fraction of sp³-hybridized carbons (Fsp3) is 0.111. The number of aromatic nitrogens is 4. The van der Waals surface area contributed by atoms with Crippen molar-refractivity contribution in [3.63, 3.8) is 0 Å². The van der Waals surface area contributed by atoms with E-state index in [0.717, 1.165) is 0 Å². The number of hydrogen-bond acceptors (Lipinski definition) is 5. The molecule has 2 rings (SSSR count). The second-order valence-corrected chi connectivity index (χ2v) is 2.82. The molecule has 2 N–H and O–H groups in total. The maximum absolute atomic E-state index is 8.82. The van der Waals surface area contributed by atoms with Crippen molar-refractivity contribution in [2.75, 3.05) is 5.32 Å². The SMILES string of the molecule is N#Cc1ccncc1NCc1ncn[nH]1. The summed E-state index contributed by atoms with van der Waals surface area (Å²) in [6.07, 6.45) is 4.62. The van der Waals surface area contributed by atoms with E-state index in [1.807, 2.05) is 0 Å². The summed E-state index contributed by atoms with van der Waals surface area (Å²) in [6.45, 7) is 0.486. The van der Waals surface area contributed by atoms with E-state index in [0.29, 0.717) is 23.6 Å². The molecular formula is C9H8N6. The Kier molecular flexibility index (Phi) is 2.56. The molecule has 0 saturated heterocycles. The Morgan fingerprint density at radius 3 is 3.20 bits per heavy atom. The van der Waals surface area contributed by atoms with Crippen molar-refractivity contribution in [1.29, 1.82) is 5.26 Å². The summed E-state index contributed by atoms with van der Waals surface area (Å²) in [5.41, 5.74) is 1.25. The van der Waals surface area contributed by atoms with Crippen molar-refractivity contribution in [3.05, 3.63) is 36.2 Å². The maximum Gasteiger partial charge on any atom is 0.143 e. The van der Waals surface area contributed by atoms with Crippen LogP contribution in [0.5, 0.6) is 0 Å². The molecule has 6 nitrogen and oxygen atoms in total. The molecule has 2 aromatic rings. The summed E-state index contributed by atoms with van der Waals surface area (Å²) in [7, 11) is 0. The number of rotatable bonds is 3. The van der Waals surface area contributed by atoms with Crippen LogP contribution in [0.1, 0.15) is 11.4 Å². The Bertz CT molecular complexity index is 470. The van der Waals surface area contributed by atoms with Crippen LogP contribution in [0.25, 0.3) is 0 Å². The molecule has 0 aliphatic carbocycles. The molecule has 6 heteroatoms. The molecule has 2 heterocycles. The summed E-state index contributed by atoms with van der Waals surface area (Å²) >= 11 is 0. The van der Waals surface area contributed by atoms with Crippen molar-refractivity contribution in [2.45, 2.75) is 6.54 Å². The summed E-state index contributed by atoms with van der Waals surface area (Å²) < 4.78 is 0. The highest BCUT2D eigenvalue weighted by molar-refractivity contribution is 5.55. The highest BCUT2D eigenvalue weighted by Gasteiger charge is 2.01. The number of nitrogens with zero attached hydrogens (tertiary/aromatic N) is 4. The van der Waals surface area contributed by atoms with E-state index in [-0.39, 0.29) is 0 Å². The van der Waals surface area contributed by atoms with Crippen molar-refractivity contribution in [1.82, 2.24) is 20.2 Å². The van der Waals surface area contributed by atoms with Gasteiger partial charge >= 0.3 is 0 Å². The lowest BCUT2D eigenvalue weighted by atomic mass is 10.2. The van der Waals surface area contributed by atoms with Crippen LogP contribution in [-0.2, 0) is 6.54 Å². The summed E-state index contributed by atoms with van der Waals surface area (Å²) in [6, 6.07) is 3.73. The first kappa shape index (κ1) is 9.15. The molecule has 0 bridgehead atoms. The van der Waals surface area contributed by atoms with Crippen molar-refractivity contribution >= 4 is 5.69 Å². The Morgan fingerprint density at radius 2 is 2.47 bits per heavy atom. The first-order valence-corrected chi connectivity index (χ1v) is 4.32. The molecule has 74 valence electrons. The molecule has 0 spiro atoms. The molecular weight excluding hydrogens is 192 g/mol. The minimum atomic E-state index is 0.486. The van der Waals surface area contributed by atoms with Crippen LogP contribution < -0.4 is 5.32 Å². The normalized spacial score (nSPS) is 9.53. The zero-order chi connectivity index (χ0) is 10.5. The molecule has 0 aromatic carbocycles. The van der Waals surface area contributed by atoms with E-state index < -0.39 is 0 Å². The number of nitriles is 1. The predicted octanol–water partition coefficient (Wildman–Crippen LogP) is 0.683. The van der Waals surface area contributed by atoms with Gasteiger partial charge in [0.05, 0.1) is 24.0 Å². The third-order valence-electron chi connectivity index (χ3n) is 1.85. The van der Waals surface area contributed by atoms with E-state index in [9.17, 15) is 0 Å². The minimum Gasteiger partial charge on any atom is -0.375 e. The zero-order valence-corrected chi connectivity index (χ0v) is 7.81. The monoisotopic (exact) mass is 200 g/mol. The molecule has 0 radical (unpaired) electrons. The lowest BCUT2D eigenvalue weighted by molar-refractivity contribution is 0.952. The minimum absolute atomic E-state index is 0.486. The Hall–Kier alpha value is -2.42. The Morgan fingerprint density at radius 1 is 1.53 bits per heavy atom. The van der Waals surface area contributed by atoms with Gasteiger partial charge in [-0.2, -0.15) is 10.4 Å². The van der Waals surface area contributed by atoms with Gasteiger partial charge in [0.2, 0.25) is 0 Å². The van der Waals surface area contributed by atoms with Gasteiger partial charge in [-0.25, -0.2) is 4.98 Å². The number of pyridine rings is 1. The quantitative estimate of drug-likeness (QED) is 0.760. The van der Waals surface area contributed by atoms with Crippen molar-refractivity contribution in [2.24, 2.45) is 0 Å². The highest BCUT2D eigenvalue weighted by atomic mass is 15.2. The number of nitrogens with one attached hydrogen (secondary N) is 2. The molecule has 0 fully saturated rings. The molecule has 0 aliphatic rings. The van der Waals surface area contributed by atoms with Crippen LogP contribution in [0.2, 0.25) is 0 Å². The van der Waals surface area contributed by atoms with Crippen molar-refractivity contribution in [3.8, 4) is 6.07 Å². The summed E-state index contributed by atoms with van der Waals surface area (Å²) in [4.78, 5) is 7.89. The van der Waals surface area contributed by atoms with Crippen LogP contribution >= 0.6 is 0 Å². The fourth-order valence-electron chi connectivity index (χ4n) is 1.13. The average Bonchev–Trinajstić information content (AvgIpc) is 2.79. The van der Waals surface area contributed by atoms with Crippen LogP contribution in [0.4, 0.5) is 5.69 Å². The third-order valence-corrected chi connectivity index (χ3v) is 1.85. The van der Waals surface area contributed by atoms with E-state index in [2.05, 4.69) is 31.6 Å². The zero-order valence-electron chi connectivity index (χ0n) is 7.81. The van der Waals surface area contributed by atoms with Crippen LogP contribution in [0, 0.1) is 11.3 Å². The Labute approximate surface area is 86.0 Å². The van der Waals surface area contributed by atoms with Gasteiger partial charge < -0.3 is 5.32 Å². The van der Waals surface area contributed by atoms with Gasteiger partial charge in [-0.3, -0.25) is 10.1 Å². The van der Waals surface area contributed by atoms with E-state index in [1.165, 1.54) is 6.33 Å². The lowest BCUT2D eigenvalue weighted by Crippen LogP contribution is -2.03. The number of aromatic amines is 1. The first-order chi connectivity index (χ1) is 7.40. The molecule has 2 aromatic heterocycles. The fourth-order valence-corrected chi connectivity index (χ4v) is 1.13. The molecule has 0 unspecified atom stereocenters. The highest BCUT2D eigenvalue weighted by Crippen LogP contribution is 2.11. The van der Waals surface area contributed by atoms with Gasteiger partial charge in [-0.15, -0.1) is 0 Å². The second kappa shape index (κ2) is 4.19. The molecule has 0 atom stereocenters. The predicted molar refractivity (Wildman–Crippen MR) is 52.7 cm³/mol. The van der Waals surface area contributed by atoms with Crippen LogP contribution in [0.15, 0.2) is 24.8 Å². The largest absolute Gasteiger partial charge is 0.375 e. The van der Waals surface area contributed by atoms with Crippen LogP contribution in [-0.4, -0.2) is 20.2 Å². The molecule has 15 heavy (non-hydrogen) atoms. The molecule has 0 saturated carbocycles. The van der Waals surface area contributed by atoms with Gasteiger partial charge in [0.1, 0.15) is 18.2 Å². The van der Waals surface area contributed by atoms with Crippen molar-refractivity contribution < 1.29 is 0 Å². The van der Waals surface area contributed by atoms with E-state index >= 15 is 0 Å². The third kappa shape index (κ3) is 2.08. The van der Waals surface area contributed by atoms with Gasteiger partial charge in [0, 0.05) is 6.20 Å². The molecule has 0 amide bonds. The van der Waals surface area contributed by atoms with Gasteiger partial charge in [0.25, 0.3) is 0 Å². The Balaban J connectivity index is 2.08. The number of H-pyrrole nitrogens is 1. The second-order valence-electron chi connectivity index (χ2n) is 2.82. The first-order valence-electron chi connectivity index (χ1n) is 4.32. The maximum atomic E-state index is 8.82. The number of hydrogen-bond donors (Lipinski definition) is 2. The summed E-state index contributed by atoms with van der Waals surface area (Å²) in [5.74, 6) is 0.711. The van der Waals surface area contributed by atoms with E-state index in [4.69, 9.17) is 5.26 Å². The van der Waals surface area contributed by atoms with Gasteiger partial charge in [-0.1, -0.05) is 0 Å². The number of anilines is 1. The van der Waals surface area contributed by atoms with Gasteiger partial charge in [-0.05, 0) is 6.07 Å². The standard InChI is InChI=1S/C9H8N6/c10-3-7-1-2-11-4-8(7)12-5-9-13-6-14-15-9/h1-2,4,6,12H,5H2,(H,13,14,15). The van der Waals surface area contributed by atoms with E-state index in [1.54, 1.807) is 18.5 Å². The van der Waals surface area contributed by atoms with Gasteiger partial charge in [0.15, 0.2) is 0 Å². The molecule has 0 aliphatic heterocycles. The summed E-state index contributed by atoms with van der Waals surface area (Å²) in [5, 5.41) is 18.3. The lowest BCUT2D eigenvalue weighted by Gasteiger charge is -2.04.